The average Bonchev–Trinajstić information content (AvgIpc) is 3.09. The van der Waals surface area contributed by atoms with Crippen molar-refractivity contribution >= 4 is 0 Å². The van der Waals surface area contributed by atoms with Crippen LogP contribution in [0, 0.1) is 5.82 Å². The van der Waals surface area contributed by atoms with Crippen molar-refractivity contribution < 1.29 is 13.7 Å². The molecule has 0 aliphatic heterocycles. The minimum absolute atomic E-state index is 0.367. The summed E-state index contributed by atoms with van der Waals surface area (Å²) in [5.74, 6) is 0.475. The van der Waals surface area contributed by atoms with Crippen molar-refractivity contribution in [3.63, 3.8) is 0 Å². The Morgan fingerprint density at radius 1 is 1.35 bits per heavy atom. The van der Waals surface area contributed by atoms with Gasteiger partial charge in [0, 0.05) is 6.61 Å². The second-order valence-corrected chi connectivity index (χ2v) is 4.92. The van der Waals surface area contributed by atoms with E-state index < -0.39 is 5.60 Å². The number of hydrogen-bond donors (Lipinski definition) is 0. The van der Waals surface area contributed by atoms with Crippen molar-refractivity contribution in [2.45, 2.75) is 38.2 Å². The van der Waals surface area contributed by atoms with Gasteiger partial charge in [0.25, 0.3) is 5.89 Å². The van der Waals surface area contributed by atoms with Crippen LogP contribution in [0.3, 0.4) is 0 Å². The van der Waals surface area contributed by atoms with Crippen molar-refractivity contribution in [1.82, 2.24) is 15.1 Å². The van der Waals surface area contributed by atoms with Crippen molar-refractivity contribution in [1.29, 1.82) is 0 Å². The highest BCUT2D eigenvalue weighted by Gasteiger charge is 2.41. The quantitative estimate of drug-likeness (QED) is 0.859. The zero-order valence-electron chi connectivity index (χ0n) is 11.3. The Labute approximate surface area is 116 Å². The standard InChI is InChI=1S/C14H16FN3O2/c1-2-19-14(7-3-4-8-14)13-17-12(18-20-13)11-6-5-10(15)9-16-11/h5-6,9H,2-4,7-8H2,1H3. The molecule has 0 spiro atoms. The van der Waals surface area contributed by atoms with Gasteiger partial charge in [-0.3, -0.25) is 0 Å². The molecular formula is C14H16FN3O2. The number of pyridine rings is 1. The van der Waals surface area contributed by atoms with Crippen LogP contribution in [0.1, 0.15) is 38.5 Å². The monoisotopic (exact) mass is 277 g/mol. The molecule has 5 nitrogen and oxygen atoms in total. The van der Waals surface area contributed by atoms with Gasteiger partial charge >= 0.3 is 0 Å². The minimum Gasteiger partial charge on any atom is -0.365 e. The maximum Gasteiger partial charge on any atom is 0.259 e. The molecule has 1 saturated carbocycles. The molecule has 0 N–H and O–H groups in total. The van der Waals surface area contributed by atoms with Gasteiger partial charge in [-0.2, -0.15) is 4.98 Å². The SMILES string of the molecule is CCOC1(c2nc(-c3ccc(F)cn3)no2)CCCC1. The number of halogens is 1. The van der Waals surface area contributed by atoms with Crippen LogP contribution in [0.15, 0.2) is 22.9 Å². The van der Waals surface area contributed by atoms with E-state index in [-0.39, 0.29) is 5.82 Å². The Bertz CT molecular complexity index is 576. The Hall–Kier alpha value is -1.82. The predicted octanol–water partition coefficient (Wildman–Crippen LogP) is 3.08. The van der Waals surface area contributed by atoms with Crippen LogP contribution in [-0.2, 0) is 10.3 Å². The Morgan fingerprint density at radius 2 is 2.15 bits per heavy atom. The van der Waals surface area contributed by atoms with E-state index in [4.69, 9.17) is 9.26 Å². The third-order valence-corrected chi connectivity index (χ3v) is 3.60. The third kappa shape index (κ3) is 2.31. The Kier molecular flexibility index (Phi) is 3.48. The summed E-state index contributed by atoms with van der Waals surface area (Å²) in [6.45, 7) is 2.56. The first-order valence-electron chi connectivity index (χ1n) is 6.83. The molecule has 6 heteroatoms. The van der Waals surface area contributed by atoms with Gasteiger partial charge in [0.15, 0.2) is 0 Å². The van der Waals surface area contributed by atoms with Gasteiger partial charge in [-0.1, -0.05) is 5.16 Å². The zero-order valence-corrected chi connectivity index (χ0v) is 11.3. The molecule has 0 bridgehead atoms. The van der Waals surface area contributed by atoms with E-state index in [0.29, 0.717) is 24.0 Å². The van der Waals surface area contributed by atoms with Gasteiger partial charge in [-0.25, -0.2) is 9.37 Å². The topological polar surface area (TPSA) is 61.0 Å². The molecule has 0 unspecified atom stereocenters. The number of ether oxygens (including phenoxy) is 1. The third-order valence-electron chi connectivity index (χ3n) is 3.60. The molecule has 0 saturated heterocycles. The van der Waals surface area contributed by atoms with Gasteiger partial charge in [-0.05, 0) is 44.7 Å². The van der Waals surface area contributed by atoms with Crippen molar-refractivity contribution in [3.05, 3.63) is 30.0 Å². The van der Waals surface area contributed by atoms with Gasteiger partial charge in [-0.15, -0.1) is 0 Å². The molecule has 0 radical (unpaired) electrons. The molecule has 2 aromatic heterocycles. The predicted molar refractivity (Wildman–Crippen MR) is 69.3 cm³/mol. The van der Waals surface area contributed by atoms with Gasteiger partial charge in [0.05, 0.1) is 6.20 Å². The van der Waals surface area contributed by atoms with Crippen molar-refractivity contribution in [3.8, 4) is 11.5 Å². The van der Waals surface area contributed by atoms with Gasteiger partial charge < -0.3 is 9.26 Å². The molecule has 0 amide bonds. The molecule has 2 aromatic rings. The largest absolute Gasteiger partial charge is 0.365 e. The zero-order chi connectivity index (χ0) is 14.0. The lowest BCUT2D eigenvalue weighted by Crippen LogP contribution is -2.26. The van der Waals surface area contributed by atoms with Gasteiger partial charge in [0.2, 0.25) is 5.82 Å². The number of hydrogen-bond acceptors (Lipinski definition) is 5. The fraction of sp³-hybridized carbons (Fsp3) is 0.500. The van der Waals surface area contributed by atoms with Crippen molar-refractivity contribution in [2.75, 3.05) is 6.61 Å². The van der Waals surface area contributed by atoms with Crippen LogP contribution in [-0.4, -0.2) is 21.7 Å². The number of nitrogens with zero attached hydrogens (tertiary/aromatic N) is 3. The second-order valence-electron chi connectivity index (χ2n) is 4.92. The summed E-state index contributed by atoms with van der Waals surface area (Å²) >= 11 is 0. The first-order chi connectivity index (χ1) is 9.73. The first-order valence-corrected chi connectivity index (χ1v) is 6.83. The normalized spacial score (nSPS) is 17.5. The lowest BCUT2D eigenvalue weighted by Gasteiger charge is -2.24. The highest BCUT2D eigenvalue weighted by molar-refractivity contribution is 5.47. The molecule has 106 valence electrons. The molecule has 1 aliphatic rings. The number of aromatic nitrogens is 3. The molecule has 2 heterocycles. The molecular weight excluding hydrogens is 261 g/mol. The summed E-state index contributed by atoms with van der Waals surface area (Å²) in [6.07, 6.45) is 5.09. The van der Waals surface area contributed by atoms with Crippen LogP contribution in [0.5, 0.6) is 0 Å². The minimum atomic E-state index is -0.458. The van der Waals surface area contributed by atoms with E-state index in [1.54, 1.807) is 0 Å². The summed E-state index contributed by atoms with van der Waals surface area (Å²) < 4.78 is 24.1. The van der Waals surface area contributed by atoms with Gasteiger partial charge in [0.1, 0.15) is 17.1 Å². The maximum absolute atomic E-state index is 12.9. The molecule has 0 atom stereocenters. The number of rotatable bonds is 4. The molecule has 1 aliphatic carbocycles. The van der Waals surface area contributed by atoms with Crippen LogP contribution in [0.2, 0.25) is 0 Å². The summed E-state index contributed by atoms with van der Waals surface area (Å²) in [5, 5.41) is 3.94. The fourth-order valence-electron chi connectivity index (χ4n) is 2.66. The molecule has 20 heavy (non-hydrogen) atoms. The van der Waals surface area contributed by atoms with E-state index in [9.17, 15) is 4.39 Å². The van der Waals surface area contributed by atoms with Crippen molar-refractivity contribution in [2.24, 2.45) is 0 Å². The Balaban J connectivity index is 1.91. The lowest BCUT2D eigenvalue weighted by molar-refractivity contribution is -0.0610. The van der Waals surface area contributed by atoms with E-state index in [1.807, 2.05) is 6.92 Å². The van der Waals surface area contributed by atoms with Crippen LogP contribution >= 0.6 is 0 Å². The van der Waals surface area contributed by atoms with Crippen LogP contribution < -0.4 is 0 Å². The first kappa shape index (κ1) is 13.2. The molecule has 0 aromatic carbocycles. The smallest absolute Gasteiger partial charge is 0.259 e. The summed E-state index contributed by atoms with van der Waals surface area (Å²) in [6, 6.07) is 2.86. The van der Waals surface area contributed by atoms with E-state index >= 15 is 0 Å². The van der Waals surface area contributed by atoms with Crippen LogP contribution in [0.25, 0.3) is 11.5 Å². The second kappa shape index (κ2) is 5.28. The maximum atomic E-state index is 12.9. The summed E-state index contributed by atoms with van der Waals surface area (Å²) in [7, 11) is 0. The molecule has 3 rings (SSSR count). The Morgan fingerprint density at radius 3 is 2.80 bits per heavy atom. The highest BCUT2D eigenvalue weighted by atomic mass is 19.1. The average molecular weight is 277 g/mol. The van der Waals surface area contributed by atoms with Crippen LogP contribution in [0.4, 0.5) is 4.39 Å². The molecule has 1 fully saturated rings. The van der Waals surface area contributed by atoms with E-state index in [1.165, 1.54) is 12.1 Å². The van der Waals surface area contributed by atoms with E-state index in [0.717, 1.165) is 31.9 Å². The lowest BCUT2D eigenvalue weighted by atomic mass is 10.0. The van der Waals surface area contributed by atoms with E-state index in [2.05, 4.69) is 15.1 Å². The summed E-state index contributed by atoms with van der Waals surface area (Å²) in [5.41, 5.74) is 0.0334. The fourth-order valence-corrected chi connectivity index (χ4v) is 2.66. The summed E-state index contributed by atoms with van der Waals surface area (Å²) in [4.78, 5) is 8.35. The highest BCUT2D eigenvalue weighted by Crippen LogP contribution is 2.41.